The van der Waals surface area contributed by atoms with Crippen molar-refractivity contribution in [1.29, 1.82) is 0 Å². The fourth-order valence-corrected chi connectivity index (χ4v) is 2.44. The number of nitro groups is 1. The first-order chi connectivity index (χ1) is 11.8. The number of aromatic nitrogens is 2. The number of methoxy groups -OCH3 is 2. The van der Waals surface area contributed by atoms with Crippen LogP contribution in [-0.2, 0) is 9.47 Å². The maximum atomic E-state index is 12.1. The van der Waals surface area contributed by atoms with E-state index in [1.54, 1.807) is 13.8 Å². The topological polar surface area (TPSA) is 126 Å². The first kappa shape index (κ1) is 17.9. The van der Waals surface area contributed by atoms with Gasteiger partial charge in [0.05, 0.1) is 41.7 Å². The summed E-state index contributed by atoms with van der Waals surface area (Å²) in [4.78, 5) is 38.6. The molecule has 0 spiro atoms. The molecule has 2 heterocycles. The van der Waals surface area contributed by atoms with Gasteiger partial charge in [0, 0.05) is 12.3 Å². The predicted molar refractivity (Wildman–Crippen MR) is 86.5 cm³/mol. The molecule has 0 fully saturated rings. The molecule has 0 bridgehead atoms. The highest BCUT2D eigenvalue weighted by atomic mass is 16.6. The fourth-order valence-electron chi connectivity index (χ4n) is 2.44. The third kappa shape index (κ3) is 3.13. The summed E-state index contributed by atoms with van der Waals surface area (Å²) in [6.45, 7) is 3.13. The van der Waals surface area contributed by atoms with E-state index in [1.165, 1.54) is 37.2 Å². The molecule has 1 N–H and O–H groups in total. The van der Waals surface area contributed by atoms with Crippen LogP contribution in [0.25, 0.3) is 0 Å². The molecule has 132 valence electrons. The molecule has 0 unspecified atom stereocenters. The van der Waals surface area contributed by atoms with E-state index in [9.17, 15) is 19.7 Å². The van der Waals surface area contributed by atoms with Gasteiger partial charge in [-0.1, -0.05) is 0 Å². The maximum Gasteiger partial charge on any atom is 0.340 e. The van der Waals surface area contributed by atoms with Crippen LogP contribution in [0.1, 0.15) is 32.1 Å². The first-order valence-electron chi connectivity index (χ1n) is 7.08. The molecule has 2 aromatic heterocycles. The van der Waals surface area contributed by atoms with Gasteiger partial charge in [-0.15, -0.1) is 0 Å². The molecule has 0 saturated carbocycles. The highest BCUT2D eigenvalue weighted by Crippen LogP contribution is 2.27. The number of carbonyl (C=O) groups is 2. The molecular formula is C15H16N4O6. The molecule has 0 aliphatic rings. The van der Waals surface area contributed by atoms with Gasteiger partial charge in [-0.05, 0) is 19.9 Å². The smallest absolute Gasteiger partial charge is 0.340 e. The zero-order chi connectivity index (χ0) is 18.7. The van der Waals surface area contributed by atoms with Gasteiger partial charge in [0.15, 0.2) is 0 Å². The number of nitrogens with zero attached hydrogens (tertiary/aromatic N) is 3. The van der Waals surface area contributed by atoms with Crippen molar-refractivity contribution in [2.45, 2.75) is 13.8 Å². The van der Waals surface area contributed by atoms with E-state index in [4.69, 9.17) is 9.47 Å². The number of rotatable bonds is 5. The number of hydrogen-bond donors (Lipinski definition) is 1. The molecule has 0 saturated heterocycles. The molecular weight excluding hydrogens is 332 g/mol. The molecule has 0 amide bonds. The van der Waals surface area contributed by atoms with Gasteiger partial charge in [0.2, 0.25) is 5.82 Å². The Bertz CT molecular complexity index is 818. The Morgan fingerprint density at radius 1 is 1.16 bits per heavy atom. The van der Waals surface area contributed by atoms with Gasteiger partial charge >= 0.3 is 17.6 Å². The van der Waals surface area contributed by atoms with Crippen LogP contribution in [0.3, 0.4) is 0 Å². The summed E-state index contributed by atoms with van der Waals surface area (Å²) in [7, 11) is 2.37. The summed E-state index contributed by atoms with van der Waals surface area (Å²) in [5.41, 5.74) is 3.17. The maximum absolute atomic E-state index is 12.1. The highest BCUT2D eigenvalue weighted by molar-refractivity contribution is 6.05. The van der Waals surface area contributed by atoms with Gasteiger partial charge in [0.1, 0.15) is 0 Å². The SMILES string of the molecule is COC(=O)c1c(C(=O)OC)c(C)n(Nc2ncccc2[N+](=O)[O-])c1C. The van der Waals surface area contributed by atoms with Crippen LogP contribution in [0, 0.1) is 24.0 Å². The van der Waals surface area contributed by atoms with Crippen molar-refractivity contribution in [3.8, 4) is 0 Å². The fraction of sp³-hybridized carbons (Fsp3) is 0.267. The van der Waals surface area contributed by atoms with E-state index >= 15 is 0 Å². The lowest BCUT2D eigenvalue weighted by molar-refractivity contribution is -0.384. The second-order valence-corrected chi connectivity index (χ2v) is 4.98. The minimum Gasteiger partial charge on any atom is -0.465 e. The molecule has 25 heavy (non-hydrogen) atoms. The van der Waals surface area contributed by atoms with Crippen LogP contribution < -0.4 is 5.43 Å². The van der Waals surface area contributed by atoms with Gasteiger partial charge in [-0.25, -0.2) is 14.6 Å². The van der Waals surface area contributed by atoms with E-state index in [-0.39, 0.29) is 22.6 Å². The van der Waals surface area contributed by atoms with Crippen molar-refractivity contribution in [1.82, 2.24) is 9.66 Å². The second-order valence-electron chi connectivity index (χ2n) is 4.98. The molecule has 0 aliphatic heterocycles. The predicted octanol–water partition coefficient (Wildman–Crippen LogP) is 1.86. The molecule has 0 atom stereocenters. The van der Waals surface area contributed by atoms with E-state index < -0.39 is 16.9 Å². The number of pyridine rings is 1. The number of anilines is 1. The lowest BCUT2D eigenvalue weighted by Gasteiger charge is -2.12. The van der Waals surface area contributed by atoms with Crippen molar-refractivity contribution < 1.29 is 24.0 Å². The number of nitrogens with one attached hydrogen (secondary N) is 1. The van der Waals surface area contributed by atoms with Crippen molar-refractivity contribution in [2.75, 3.05) is 19.6 Å². The largest absolute Gasteiger partial charge is 0.465 e. The Balaban J connectivity index is 2.64. The lowest BCUT2D eigenvalue weighted by Crippen LogP contribution is -2.16. The minimum atomic E-state index is -0.725. The summed E-state index contributed by atoms with van der Waals surface area (Å²) >= 11 is 0. The van der Waals surface area contributed by atoms with E-state index in [0.29, 0.717) is 11.4 Å². The molecule has 10 heteroatoms. The molecule has 0 aliphatic carbocycles. The summed E-state index contributed by atoms with van der Waals surface area (Å²) < 4.78 is 10.8. The zero-order valence-corrected chi connectivity index (χ0v) is 14.0. The molecule has 0 radical (unpaired) electrons. The van der Waals surface area contributed by atoms with Gasteiger partial charge in [-0.2, -0.15) is 0 Å². The minimum absolute atomic E-state index is 0.0120. The summed E-state index contributed by atoms with van der Waals surface area (Å²) in [6.07, 6.45) is 1.38. The monoisotopic (exact) mass is 348 g/mol. The van der Waals surface area contributed by atoms with Gasteiger partial charge < -0.3 is 9.47 Å². The quantitative estimate of drug-likeness (QED) is 0.493. The number of carbonyl (C=O) groups excluding carboxylic acids is 2. The summed E-state index contributed by atoms with van der Waals surface area (Å²) in [6, 6.07) is 2.71. The normalized spacial score (nSPS) is 10.2. The second kappa shape index (κ2) is 6.99. The Hall–Kier alpha value is -3.43. The van der Waals surface area contributed by atoms with Crippen molar-refractivity contribution in [3.63, 3.8) is 0 Å². The van der Waals surface area contributed by atoms with Crippen LogP contribution in [0.5, 0.6) is 0 Å². The van der Waals surface area contributed by atoms with Crippen LogP contribution in [-0.4, -0.2) is 40.7 Å². The van der Waals surface area contributed by atoms with Crippen molar-refractivity contribution in [3.05, 3.63) is 51.0 Å². The summed E-state index contributed by atoms with van der Waals surface area (Å²) in [5, 5.41) is 11.1. The first-order valence-corrected chi connectivity index (χ1v) is 7.08. The van der Waals surface area contributed by atoms with E-state index in [0.717, 1.165) is 0 Å². The average molecular weight is 348 g/mol. The molecule has 10 nitrogen and oxygen atoms in total. The Morgan fingerprint density at radius 3 is 2.12 bits per heavy atom. The molecule has 2 aromatic rings. The lowest BCUT2D eigenvalue weighted by atomic mass is 10.1. The zero-order valence-electron chi connectivity index (χ0n) is 14.0. The Morgan fingerprint density at radius 2 is 1.68 bits per heavy atom. The van der Waals surface area contributed by atoms with E-state index in [1.807, 2.05) is 0 Å². The molecule has 0 aromatic carbocycles. The average Bonchev–Trinajstić information content (AvgIpc) is 2.85. The highest BCUT2D eigenvalue weighted by Gasteiger charge is 2.30. The number of hydrogen-bond acceptors (Lipinski definition) is 8. The van der Waals surface area contributed by atoms with Crippen molar-refractivity contribution >= 4 is 23.4 Å². The molecule has 2 rings (SSSR count). The Kier molecular flexibility index (Phi) is 5.01. The van der Waals surface area contributed by atoms with Crippen molar-refractivity contribution in [2.24, 2.45) is 0 Å². The number of esters is 2. The third-order valence-corrected chi connectivity index (χ3v) is 3.62. The van der Waals surface area contributed by atoms with Gasteiger partial charge in [-0.3, -0.25) is 20.2 Å². The van der Waals surface area contributed by atoms with Crippen LogP contribution in [0.4, 0.5) is 11.5 Å². The van der Waals surface area contributed by atoms with Crippen LogP contribution in [0.2, 0.25) is 0 Å². The van der Waals surface area contributed by atoms with Gasteiger partial charge in [0.25, 0.3) is 0 Å². The summed E-state index contributed by atoms with van der Waals surface area (Å²) in [5.74, 6) is -1.49. The Labute approximate surface area is 142 Å². The van der Waals surface area contributed by atoms with Crippen LogP contribution >= 0.6 is 0 Å². The third-order valence-electron chi connectivity index (χ3n) is 3.62. The standard InChI is InChI=1S/C15H16N4O6/c1-8-11(14(20)24-3)12(15(21)25-4)9(2)18(8)17-13-10(19(22)23)6-5-7-16-13/h5-7H,1-4H3,(H,16,17). The van der Waals surface area contributed by atoms with Crippen LogP contribution in [0.15, 0.2) is 18.3 Å². The number of ether oxygens (including phenoxy) is 2. The van der Waals surface area contributed by atoms with E-state index in [2.05, 4.69) is 10.4 Å².